The Hall–Kier alpha value is -2.34. The number of benzene rings is 1. The van der Waals surface area contributed by atoms with Crippen molar-refractivity contribution in [3.63, 3.8) is 0 Å². The van der Waals surface area contributed by atoms with Gasteiger partial charge in [-0.3, -0.25) is 14.5 Å². The SMILES string of the molecule is COc1ccc(N2C(=O)/C(=C/c3cccs3)N=C2SCC(=O)N[C@H]2CCS(=O)(=O)C2)cc1Cl. The Balaban J connectivity index is 1.54. The normalized spacial score (nSPS) is 20.8. The summed E-state index contributed by atoms with van der Waals surface area (Å²) >= 11 is 8.84. The van der Waals surface area contributed by atoms with Gasteiger partial charge in [-0.2, -0.15) is 0 Å². The van der Waals surface area contributed by atoms with Gasteiger partial charge in [0.25, 0.3) is 5.91 Å². The van der Waals surface area contributed by atoms with Crippen LogP contribution in [-0.2, 0) is 19.4 Å². The topological polar surface area (TPSA) is 105 Å². The van der Waals surface area contributed by atoms with E-state index in [-0.39, 0.29) is 40.8 Å². The van der Waals surface area contributed by atoms with Gasteiger partial charge in [-0.05, 0) is 42.1 Å². The van der Waals surface area contributed by atoms with Crippen LogP contribution in [0.4, 0.5) is 5.69 Å². The molecule has 1 saturated heterocycles. The lowest BCUT2D eigenvalue weighted by Crippen LogP contribution is -2.37. The van der Waals surface area contributed by atoms with Crippen LogP contribution in [0.15, 0.2) is 46.4 Å². The fourth-order valence-electron chi connectivity index (χ4n) is 3.43. The molecule has 4 rings (SSSR count). The number of amidine groups is 1. The third kappa shape index (κ3) is 5.60. The maximum absolute atomic E-state index is 13.2. The summed E-state index contributed by atoms with van der Waals surface area (Å²) < 4.78 is 28.4. The first kappa shape index (κ1) is 23.8. The van der Waals surface area contributed by atoms with Gasteiger partial charge in [0.05, 0.1) is 35.1 Å². The maximum Gasteiger partial charge on any atom is 0.283 e. The third-order valence-electron chi connectivity index (χ3n) is 4.98. The van der Waals surface area contributed by atoms with Gasteiger partial charge in [0.2, 0.25) is 5.91 Å². The molecule has 8 nitrogen and oxygen atoms in total. The average molecular weight is 526 g/mol. The average Bonchev–Trinajstić information content (AvgIpc) is 3.47. The van der Waals surface area contributed by atoms with Gasteiger partial charge < -0.3 is 10.1 Å². The van der Waals surface area contributed by atoms with Crippen molar-refractivity contribution < 1.29 is 22.7 Å². The quantitative estimate of drug-likeness (QED) is 0.581. The number of carbonyl (C=O) groups excluding carboxylic acids is 2. The van der Waals surface area contributed by atoms with E-state index in [2.05, 4.69) is 10.3 Å². The highest BCUT2D eigenvalue weighted by Crippen LogP contribution is 2.34. The molecule has 2 aromatic rings. The number of nitrogens with zero attached hydrogens (tertiary/aromatic N) is 2. The van der Waals surface area contributed by atoms with Gasteiger partial charge in [0, 0.05) is 10.9 Å². The molecular formula is C21H20ClN3O5S3. The lowest BCUT2D eigenvalue weighted by molar-refractivity contribution is -0.119. The molecule has 2 aliphatic rings. The van der Waals surface area contributed by atoms with Crippen molar-refractivity contribution in [3.05, 3.63) is 51.3 Å². The zero-order chi connectivity index (χ0) is 23.6. The Kier molecular flexibility index (Phi) is 7.13. The first-order valence-corrected chi connectivity index (χ1v) is 14.0. The van der Waals surface area contributed by atoms with E-state index in [0.29, 0.717) is 28.0 Å². The first-order chi connectivity index (χ1) is 15.8. The second-order valence-electron chi connectivity index (χ2n) is 7.35. The number of rotatable bonds is 6. The minimum atomic E-state index is -3.09. The van der Waals surface area contributed by atoms with Gasteiger partial charge in [-0.25, -0.2) is 13.4 Å². The van der Waals surface area contributed by atoms with Crippen LogP contribution in [0.25, 0.3) is 6.08 Å². The Bertz CT molecular complexity index is 1240. The molecule has 33 heavy (non-hydrogen) atoms. The van der Waals surface area contributed by atoms with Gasteiger partial charge >= 0.3 is 0 Å². The Labute approximate surface area is 204 Å². The van der Waals surface area contributed by atoms with Crippen LogP contribution in [0, 0.1) is 0 Å². The lowest BCUT2D eigenvalue weighted by atomic mass is 10.2. The van der Waals surface area contributed by atoms with E-state index < -0.39 is 9.84 Å². The predicted molar refractivity (Wildman–Crippen MR) is 133 cm³/mol. The van der Waals surface area contributed by atoms with Crippen LogP contribution in [0.5, 0.6) is 5.75 Å². The number of carbonyl (C=O) groups is 2. The van der Waals surface area contributed by atoms with E-state index in [1.54, 1.807) is 24.3 Å². The van der Waals surface area contributed by atoms with Gasteiger partial charge in [0.15, 0.2) is 15.0 Å². The number of amides is 2. The van der Waals surface area contributed by atoms with Crippen LogP contribution in [0.1, 0.15) is 11.3 Å². The summed E-state index contributed by atoms with van der Waals surface area (Å²) in [6.45, 7) is 0. The summed E-state index contributed by atoms with van der Waals surface area (Å²) in [4.78, 5) is 32.4. The number of thiophene rings is 1. The highest BCUT2D eigenvalue weighted by Gasteiger charge is 2.34. The number of hydrogen-bond donors (Lipinski definition) is 1. The summed E-state index contributed by atoms with van der Waals surface area (Å²) in [6.07, 6.45) is 2.10. The molecule has 0 aliphatic carbocycles. The summed E-state index contributed by atoms with van der Waals surface area (Å²) in [5, 5.41) is 5.32. The number of halogens is 1. The summed E-state index contributed by atoms with van der Waals surface area (Å²) in [5.74, 6) is -0.175. The molecule has 0 spiro atoms. The van der Waals surface area contributed by atoms with Crippen LogP contribution in [-0.4, -0.2) is 55.8 Å². The van der Waals surface area contributed by atoms with Crippen LogP contribution in [0.3, 0.4) is 0 Å². The standard InChI is InChI=1S/C21H20ClN3O5S3/c1-30-18-5-4-14(9-16(18)22)25-20(27)17(10-15-3-2-7-31-15)24-21(25)32-11-19(26)23-13-6-8-33(28,29)12-13/h2-5,7,9-10,13H,6,8,11-12H2,1H3,(H,23,26)/b17-10-/t13-/m0/s1. The molecule has 0 unspecified atom stereocenters. The Morgan fingerprint density at radius 1 is 1.42 bits per heavy atom. The molecule has 1 atom stereocenters. The van der Waals surface area contributed by atoms with E-state index in [1.165, 1.54) is 23.3 Å². The van der Waals surface area contributed by atoms with E-state index in [4.69, 9.17) is 16.3 Å². The summed E-state index contributed by atoms with van der Waals surface area (Å²) in [6, 6.07) is 8.32. The van der Waals surface area contributed by atoms with Crippen molar-refractivity contribution in [2.45, 2.75) is 12.5 Å². The summed E-state index contributed by atoms with van der Waals surface area (Å²) in [5.41, 5.74) is 0.739. The maximum atomic E-state index is 13.2. The monoisotopic (exact) mass is 525 g/mol. The molecule has 0 radical (unpaired) electrons. The molecule has 1 aromatic heterocycles. The highest BCUT2D eigenvalue weighted by atomic mass is 35.5. The molecule has 0 saturated carbocycles. The third-order valence-corrected chi connectivity index (χ3v) is 8.80. The number of anilines is 1. The van der Waals surface area contributed by atoms with Crippen LogP contribution in [0.2, 0.25) is 5.02 Å². The highest BCUT2D eigenvalue weighted by molar-refractivity contribution is 8.14. The largest absolute Gasteiger partial charge is 0.495 e. The number of aliphatic imine (C=N–C) groups is 1. The number of hydrogen-bond acceptors (Lipinski definition) is 8. The number of nitrogens with one attached hydrogen (secondary N) is 1. The number of methoxy groups -OCH3 is 1. The molecule has 174 valence electrons. The van der Waals surface area contributed by atoms with E-state index in [1.807, 2.05) is 17.5 Å². The van der Waals surface area contributed by atoms with Crippen molar-refractivity contribution in [1.82, 2.24) is 5.32 Å². The van der Waals surface area contributed by atoms with E-state index >= 15 is 0 Å². The second-order valence-corrected chi connectivity index (χ2v) is 11.9. The van der Waals surface area contributed by atoms with Crippen molar-refractivity contribution >= 4 is 73.3 Å². The molecule has 2 aliphatic heterocycles. The zero-order valence-electron chi connectivity index (χ0n) is 17.5. The molecular weight excluding hydrogens is 506 g/mol. The minimum Gasteiger partial charge on any atom is -0.495 e. The smallest absolute Gasteiger partial charge is 0.283 e. The number of thioether (sulfide) groups is 1. The molecule has 3 heterocycles. The molecule has 1 aromatic carbocycles. The second kappa shape index (κ2) is 9.88. The van der Waals surface area contributed by atoms with Crippen molar-refractivity contribution in [1.29, 1.82) is 0 Å². The van der Waals surface area contributed by atoms with Crippen molar-refractivity contribution in [3.8, 4) is 5.75 Å². The van der Waals surface area contributed by atoms with Crippen molar-refractivity contribution in [2.75, 3.05) is 29.3 Å². The number of sulfone groups is 1. The zero-order valence-corrected chi connectivity index (χ0v) is 20.7. The van der Waals surface area contributed by atoms with Crippen LogP contribution >= 0.6 is 34.7 Å². The lowest BCUT2D eigenvalue weighted by Gasteiger charge is -2.19. The first-order valence-electron chi connectivity index (χ1n) is 9.90. The molecule has 2 amide bonds. The fourth-order valence-corrected chi connectivity index (χ4v) is 6.83. The van der Waals surface area contributed by atoms with Crippen molar-refractivity contribution in [2.24, 2.45) is 4.99 Å². The minimum absolute atomic E-state index is 0.0185. The molecule has 1 fully saturated rings. The fraction of sp³-hybridized carbons (Fsp3) is 0.286. The van der Waals surface area contributed by atoms with Crippen LogP contribution < -0.4 is 15.0 Å². The molecule has 1 N–H and O–H groups in total. The van der Waals surface area contributed by atoms with Gasteiger partial charge in [-0.1, -0.05) is 29.4 Å². The van der Waals surface area contributed by atoms with E-state index in [9.17, 15) is 18.0 Å². The predicted octanol–water partition coefficient (Wildman–Crippen LogP) is 3.19. The Morgan fingerprint density at radius 3 is 2.88 bits per heavy atom. The molecule has 0 bridgehead atoms. The summed E-state index contributed by atoms with van der Waals surface area (Å²) in [7, 11) is -1.59. The number of ether oxygens (including phenoxy) is 1. The molecule has 12 heteroatoms. The Morgan fingerprint density at radius 2 is 2.24 bits per heavy atom. The van der Waals surface area contributed by atoms with Gasteiger partial charge in [0.1, 0.15) is 11.4 Å². The van der Waals surface area contributed by atoms with E-state index in [0.717, 1.165) is 16.6 Å². The van der Waals surface area contributed by atoms with Gasteiger partial charge in [-0.15, -0.1) is 11.3 Å².